The summed E-state index contributed by atoms with van der Waals surface area (Å²) in [6.07, 6.45) is 5.69. The lowest BCUT2D eigenvalue weighted by atomic mass is 9.87. The van der Waals surface area contributed by atoms with E-state index in [0.717, 1.165) is 24.3 Å². The molecule has 0 saturated heterocycles. The molecule has 6 nitrogen and oxygen atoms in total. The lowest BCUT2D eigenvalue weighted by Crippen LogP contribution is -2.16. The van der Waals surface area contributed by atoms with E-state index >= 15 is 0 Å². The monoisotopic (exact) mass is 397 g/mol. The fraction of sp³-hybridized carbons (Fsp3) is 0.381. The van der Waals surface area contributed by atoms with Crippen LogP contribution in [0, 0.1) is 0 Å². The van der Waals surface area contributed by atoms with Gasteiger partial charge in [-0.15, -0.1) is 10.2 Å². The molecule has 0 aliphatic carbocycles. The van der Waals surface area contributed by atoms with Crippen molar-refractivity contribution < 1.29 is 4.74 Å². The van der Waals surface area contributed by atoms with Crippen LogP contribution in [0.15, 0.2) is 53.9 Å². The van der Waals surface area contributed by atoms with Gasteiger partial charge in [-0.3, -0.25) is 4.98 Å². The van der Waals surface area contributed by atoms with Crippen LogP contribution in [0.1, 0.15) is 44.1 Å². The molecule has 0 aliphatic heterocycles. The highest BCUT2D eigenvalue weighted by molar-refractivity contribution is 7.99. The van der Waals surface area contributed by atoms with Crippen LogP contribution in [0.5, 0.6) is 5.75 Å². The molecule has 2 heterocycles. The molecule has 2 aromatic heterocycles. The van der Waals surface area contributed by atoms with E-state index in [1.54, 1.807) is 11.8 Å². The summed E-state index contributed by atoms with van der Waals surface area (Å²) >= 11 is 1.61. The summed E-state index contributed by atoms with van der Waals surface area (Å²) in [5.74, 6) is 8.45. The summed E-state index contributed by atoms with van der Waals surface area (Å²) in [4.78, 5) is 4.03. The Balaban J connectivity index is 1.47. The average molecular weight is 398 g/mol. The molecular weight excluding hydrogens is 370 g/mol. The molecule has 0 saturated carbocycles. The van der Waals surface area contributed by atoms with Gasteiger partial charge in [0.15, 0.2) is 5.82 Å². The summed E-state index contributed by atoms with van der Waals surface area (Å²) in [7, 11) is 0. The molecule has 3 rings (SSSR count). The summed E-state index contributed by atoms with van der Waals surface area (Å²) in [5, 5.41) is 9.04. The molecule has 28 heavy (non-hydrogen) atoms. The second-order valence-electron chi connectivity index (χ2n) is 7.64. The first-order valence-electron chi connectivity index (χ1n) is 9.38. The van der Waals surface area contributed by atoms with Gasteiger partial charge in [0.25, 0.3) is 0 Å². The minimum atomic E-state index is 0.124. The van der Waals surface area contributed by atoms with E-state index in [1.807, 2.05) is 36.7 Å². The number of thioether (sulfide) groups is 1. The third kappa shape index (κ3) is 5.48. The van der Waals surface area contributed by atoms with Crippen LogP contribution in [0.2, 0.25) is 0 Å². The molecule has 7 heteroatoms. The molecule has 0 amide bonds. The van der Waals surface area contributed by atoms with Gasteiger partial charge in [-0.1, -0.05) is 44.7 Å². The van der Waals surface area contributed by atoms with Crippen molar-refractivity contribution in [3.63, 3.8) is 0 Å². The SMILES string of the molecule is CC(C)(C)c1ccc(OCc2nnc(SCCCc3ccncc3)n2N)cc1. The number of hydrogen-bond donors (Lipinski definition) is 1. The van der Waals surface area contributed by atoms with Gasteiger partial charge in [-0.2, -0.15) is 0 Å². The van der Waals surface area contributed by atoms with Crippen LogP contribution in [-0.2, 0) is 18.4 Å². The third-order valence-corrected chi connectivity index (χ3v) is 5.44. The number of benzene rings is 1. The van der Waals surface area contributed by atoms with E-state index in [1.165, 1.54) is 15.8 Å². The van der Waals surface area contributed by atoms with Crippen molar-refractivity contribution in [3.8, 4) is 5.75 Å². The molecule has 0 radical (unpaired) electrons. The molecule has 0 atom stereocenters. The van der Waals surface area contributed by atoms with Gasteiger partial charge in [0.1, 0.15) is 12.4 Å². The Morgan fingerprint density at radius 2 is 1.75 bits per heavy atom. The Kier molecular flexibility index (Phi) is 6.57. The Morgan fingerprint density at radius 3 is 2.43 bits per heavy atom. The fourth-order valence-corrected chi connectivity index (χ4v) is 3.51. The quantitative estimate of drug-likeness (QED) is 0.352. The highest BCUT2D eigenvalue weighted by atomic mass is 32.2. The number of ether oxygens (including phenoxy) is 1. The van der Waals surface area contributed by atoms with Gasteiger partial charge < -0.3 is 10.6 Å². The van der Waals surface area contributed by atoms with Crippen LogP contribution >= 0.6 is 11.8 Å². The van der Waals surface area contributed by atoms with E-state index in [4.69, 9.17) is 10.6 Å². The van der Waals surface area contributed by atoms with Crippen LogP contribution < -0.4 is 10.6 Å². The van der Waals surface area contributed by atoms with E-state index in [0.29, 0.717) is 11.0 Å². The molecule has 3 aromatic rings. The van der Waals surface area contributed by atoms with Crippen LogP contribution in [0.3, 0.4) is 0 Å². The van der Waals surface area contributed by atoms with E-state index in [9.17, 15) is 0 Å². The number of aryl methyl sites for hydroxylation is 1. The maximum absolute atomic E-state index is 6.12. The molecule has 2 N–H and O–H groups in total. The van der Waals surface area contributed by atoms with Crippen molar-refractivity contribution in [3.05, 3.63) is 65.7 Å². The van der Waals surface area contributed by atoms with Gasteiger partial charge in [-0.25, -0.2) is 4.68 Å². The smallest absolute Gasteiger partial charge is 0.209 e. The van der Waals surface area contributed by atoms with Gasteiger partial charge in [-0.05, 0) is 53.6 Å². The number of nitrogens with zero attached hydrogens (tertiary/aromatic N) is 4. The first kappa shape index (κ1) is 20.2. The summed E-state index contributed by atoms with van der Waals surface area (Å²) in [6, 6.07) is 12.2. The first-order valence-corrected chi connectivity index (χ1v) is 10.4. The van der Waals surface area contributed by atoms with Crippen LogP contribution in [0.25, 0.3) is 0 Å². The molecule has 0 bridgehead atoms. The average Bonchev–Trinajstić information content (AvgIpc) is 3.04. The number of aromatic nitrogens is 4. The van der Waals surface area contributed by atoms with Crippen molar-refractivity contribution in [1.82, 2.24) is 19.9 Å². The number of nitrogens with two attached hydrogens (primary N) is 1. The highest BCUT2D eigenvalue weighted by Crippen LogP contribution is 2.24. The first-order chi connectivity index (χ1) is 13.4. The molecule has 0 unspecified atom stereocenters. The summed E-state index contributed by atoms with van der Waals surface area (Å²) < 4.78 is 7.33. The van der Waals surface area contributed by atoms with Crippen molar-refractivity contribution in [2.75, 3.05) is 11.6 Å². The van der Waals surface area contributed by atoms with Gasteiger partial charge in [0.2, 0.25) is 5.16 Å². The Morgan fingerprint density at radius 1 is 1.04 bits per heavy atom. The van der Waals surface area contributed by atoms with Gasteiger partial charge in [0.05, 0.1) is 0 Å². The third-order valence-electron chi connectivity index (χ3n) is 4.41. The van der Waals surface area contributed by atoms with E-state index in [2.05, 4.69) is 48.1 Å². The Labute approximate surface area is 170 Å². The zero-order valence-corrected chi connectivity index (χ0v) is 17.4. The zero-order valence-electron chi connectivity index (χ0n) is 16.6. The second-order valence-corrected chi connectivity index (χ2v) is 8.70. The zero-order chi connectivity index (χ0) is 20.0. The predicted octanol–water partition coefficient (Wildman–Crippen LogP) is 3.99. The normalized spacial score (nSPS) is 11.5. The Bertz CT molecular complexity index is 872. The molecule has 0 fully saturated rings. The highest BCUT2D eigenvalue weighted by Gasteiger charge is 2.14. The largest absolute Gasteiger partial charge is 0.486 e. The number of pyridine rings is 1. The van der Waals surface area contributed by atoms with Gasteiger partial charge >= 0.3 is 0 Å². The minimum Gasteiger partial charge on any atom is -0.486 e. The molecule has 148 valence electrons. The topological polar surface area (TPSA) is 78.9 Å². The van der Waals surface area contributed by atoms with Gasteiger partial charge in [0, 0.05) is 18.1 Å². The van der Waals surface area contributed by atoms with Crippen molar-refractivity contribution >= 4 is 11.8 Å². The maximum atomic E-state index is 6.12. The van der Waals surface area contributed by atoms with E-state index in [-0.39, 0.29) is 12.0 Å². The Hall–Kier alpha value is -2.54. The lowest BCUT2D eigenvalue weighted by Gasteiger charge is -2.19. The standard InChI is InChI=1S/C21H27N5OS/c1-21(2,3)17-6-8-18(9-7-17)27-15-19-24-25-20(26(19)22)28-14-4-5-16-10-12-23-13-11-16/h6-13H,4-5,14-15,22H2,1-3H3. The fourth-order valence-electron chi connectivity index (χ4n) is 2.69. The van der Waals surface area contributed by atoms with Crippen molar-refractivity contribution in [2.45, 2.75) is 50.8 Å². The summed E-state index contributed by atoms with van der Waals surface area (Å²) in [6.45, 7) is 6.86. The maximum Gasteiger partial charge on any atom is 0.209 e. The molecular formula is C21H27N5OS. The lowest BCUT2D eigenvalue weighted by molar-refractivity contribution is 0.291. The molecule has 1 aromatic carbocycles. The molecule has 0 aliphatic rings. The van der Waals surface area contributed by atoms with Crippen molar-refractivity contribution in [2.24, 2.45) is 0 Å². The minimum absolute atomic E-state index is 0.124. The molecule has 0 spiro atoms. The number of hydrogen-bond acceptors (Lipinski definition) is 6. The van der Waals surface area contributed by atoms with Crippen LogP contribution in [-0.4, -0.2) is 25.6 Å². The number of nitrogen functional groups attached to an aromatic ring is 1. The second kappa shape index (κ2) is 9.10. The van der Waals surface area contributed by atoms with Crippen molar-refractivity contribution in [1.29, 1.82) is 0 Å². The van der Waals surface area contributed by atoms with E-state index < -0.39 is 0 Å². The summed E-state index contributed by atoms with van der Waals surface area (Å²) in [5.41, 5.74) is 2.68. The van der Waals surface area contributed by atoms with Crippen LogP contribution in [0.4, 0.5) is 0 Å². The predicted molar refractivity (Wildman–Crippen MR) is 113 cm³/mol. The number of rotatable bonds is 8.